The summed E-state index contributed by atoms with van der Waals surface area (Å²) in [5, 5.41) is 0. The molecule has 3 nitrogen and oxygen atoms in total. The average Bonchev–Trinajstić information content (AvgIpc) is 1.98. The lowest BCUT2D eigenvalue weighted by molar-refractivity contribution is -0.141. The molecular formula is C8H15O3Si. The normalized spacial score (nSPS) is 12.8. The molecule has 0 saturated carbocycles. The van der Waals surface area contributed by atoms with E-state index in [1.165, 1.54) is 0 Å². The van der Waals surface area contributed by atoms with Gasteiger partial charge >= 0.3 is 5.97 Å². The third-order valence-corrected chi connectivity index (χ3v) is 2.89. The van der Waals surface area contributed by atoms with Crippen molar-refractivity contribution in [2.24, 2.45) is 0 Å². The van der Waals surface area contributed by atoms with Crippen LogP contribution in [0, 0.1) is 0 Å². The minimum Gasteiger partial charge on any atom is -0.460 e. The van der Waals surface area contributed by atoms with Crippen molar-refractivity contribution in [3.8, 4) is 0 Å². The lowest BCUT2D eigenvalue weighted by atomic mass is 10.4. The molecule has 0 aliphatic heterocycles. The molecule has 1 N–H and O–H groups in total. The highest BCUT2D eigenvalue weighted by atomic mass is 28.3. The molecule has 0 aromatic carbocycles. The molecule has 12 heavy (non-hydrogen) atoms. The van der Waals surface area contributed by atoms with Gasteiger partial charge in [0.05, 0.1) is 0 Å². The van der Waals surface area contributed by atoms with E-state index in [0.29, 0.717) is 12.0 Å². The molecule has 0 heterocycles. The van der Waals surface area contributed by atoms with Crippen molar-refractivity contribution in [1.29, 1.82) is 0 Å². The largest absolute Gasteiger partial charge is 0.460 e. The SMILES string of the molecule is C=C(C)C(=O)OC(CC)[Si](C)O. The fraction of sp³-hybridized carbons (Fsp3) is 0.625. The first-order chi connectivity index (χ1) is 5.49. The van der Waals surface area contributed by atoms with Gasteiger partial charge in [-0.25, -0.2) is 4.79 Å². The van der Waals surface area contributed by atoms with Crippen LogP contribution in [-0.2, 0) is 9.53 Å². The van der Waals surface area contributed by atoms with Crippen molar-refractivity contribution in [3.63, 3.8) is 0 Å². The molecule has 0 saturated heterocycles. The van der Waals surface area contributed by atoms with Crippen molar-refractivity contribution in [3.05, 3.63) is 12.2 Å². The summed E-state index contributed by atoms with van der Waals surface area (Å²) < 4.78 is 4.98. The van der Waals surface area contributed by atoms with Crippen LogP contribution in [0.4, 0.5) is 0 Å². The summed E-state index contributed by atoms with van der Waals surface area (Å²) in [6, 6.07) is 0. The number of carbonyl (C=O) groups is 1. The summed E-state index contributed by atoms with van der Waals surface area (Å²) >= 11 is 0. The van der Waals surface area contributed by atoms with Crippen LogP contribution < -0.4 is 0 Å². The first-order valence-electron chi connectivity index (χ1n) is 3.88. The Kier molecular flexibility index (Phi) is 4.85. The molecule has 69 valence electrons. The molecule has 0 bridgehead atoms. The van der Waals surface area contributed by atoms with Crippen LogP contribution in [0.3, 0.4) is 0 Å². The quantitative estimate of drug-likeness (QED) is 0.406. The maximum absolute atomic E-state index is 11.0. The van der Waals surface area contributed by atoms with E-state index in [1.807, 2.05) is 6.92 Å². The van der Waals surface area contributed by atoms with Gasteiger partial charge in [0.2, 0.25) is 9.04 Å². The molecule has 4 heteroatoms. The molecule has 0 fully saturated rings. The van der Waals surface area contributed by atoms with E-state index in [9.17, 15) is 9.59 Å². The van der Waals surface area contributed by atoms with Gasteiger partial charge in [0, 0.05) is 5.57 Å². The Morgan fingerprint density at radius 2 is 2.25 bits per heavy atom. The van der Waals surface area contributed by atoms with Crippen LogP contribution in [-0.4, -0.2) is 25.5 Å². The highest BCUT2D eigenvalue weighted by molar-refractivity contribution is 6.50. The summed E-state index contributed by atoms with van der Waals surface area (Å²) in [5.74, 6) is -0.416. The predicted molar refractivity (Wildman–Crippen MR) is 48.8 cm³/mol. The molecule has 1 unspecified atom stereocenters. The molecule has 0 rings (SSSR count). The standard InChI is InChI=1S/C8H15O3Si/c1-5-7(12(4)10)11-8(9)6(2)3/h7,10H,2,5H2,1,3-4H3. The van der Waals surface area contributed by atoms with Crippen LogP contribution in [0.5, 0.6) is 0 Å². The topological polar surface area (TPSA) is 46.5 Å². The Labute approximate surface area is 74.8 Å². The van der Waals surface area contributed by atoms with Crippen LogP contribution >= 0.6 is 0 Å². The van der Waals surface area contributed by atoms with Crippen LogP contribution in [0.25, 0.3) is 0 Å². The Balaban J connectivity index is 4.03. The Morgan fingerprint density at radius 1 is 1.75 bits per heavy atom. The van der Waals surface area contributed by atoms with Gasteiger partial charge in [0.1, 0.15) is 5.73 Å². The van der Waals surface area contributed by atoms with Crippen LogP contribution in [0.2, 0.25) is 6.55 Å². The second kappa shape index (κ2) is 5.11. The summed E-state index contributed by atoms with van der Waals surface area (Å²) in [6.45, 7) is 8.62. The van der Waals surface area contributed by atoms with Crippen molar-refractivity contribution in [2.75, 3.05) is 0 Å². The fourth-order valence-corrected chi connectivity index (χ4v) is 1.56. The first-order valence-corrected chi connectivity index (χ1v) is 5.90. The summed E-state index contributed by atoms with van der Waals surface area (Å²) in [6.07, 6.45) is 0.653. The third-order valence-electron chi connectivity index (χ3n) is 1.43. The zero-order valence-corrected chi connectivity index (χ0v) is 8.76. The number of esters is 1. The molecule has 0 aliphatic carbocycles. The predicted octanol–water partition coefficient (Wildman–Crippen LogP) is 1.04. The average molecular weight is 187 g/mol. The van der Waals surface area contributed by atoms with Crippen molar-refractivity contribution in [2.45, 2.75) is 32.5 Å². The summed E-state index contributed by atoms with van der Waals surface area (Å²) in [4.78, 5) is 20.2. The highest BCUT2D eigenvalue weighted by Crippen LogP contribution is 2.04. The fourth-order valence-electron chi connectivity index (χ4n) is 0.694. The highest BCUT2D eigenvalue weighted by Gasteiger charge is 2.20. The number of rotatable bonds is 4. The van der Waals surface area contributed by atoms with Crippen LogP contribution in [0.1, 0.15) is 20.3 Å². The second-order valence-corrected chi connectivity index (χ2v) is 4.65. The Morgan fingerprint density at radius 3 is 2.50 bits per heavy atom. The minimum absolute atomic E-state index is 0.320. The molecular weight excluding hydrogens is 172 g/mol. The maximum atomic E-state index is 11.0. The van der Waals surface area contributed by atoms with Gasteiger partial charge in [-0.15, -0.1) is 0 Å². The zero-order chi connectivity index (χ0) is 9.72. The van der Waals surface area contributed by atoms with Crippen molar-refractivity contribution >= 4 is 15.0 Å². The minimum atomic E-state index is -1.54. The molecule has 1 radical (unpaired) electrons. The van der Waals surface area contributed by atoms with E-state index in [0.717, 1.165) is 0 Å². The molecule has 1 atom stereocenters. The van der Waals surface area contributed by atoms with Gasteiger partial charge in [-0.05, 0) is 19.9 Å². The van der Waals surface area contributed by atoms with Gasteiger partial charge < -0.3 is 9.53 Å². The lowest BCUT2D eigenvalue weighted by Gasteiger charge is -2.16. The zero-order valence-electron chi connectivity index (χ0n) is 7.76. The van der Waals surface area contributed by atoms with Gasteiger partial charge in [0.25, 0.3) is 0 Å². The number of carbonyl (C=O) groups excluding carboxylic acids is 1. The van der Waals surface area contributed by atoms with Crippen LogP contribution in [0.15, 0.2) is 12.2 Å². The van der Waals surface area contributed by atoms with E-state index < -0.39 is 15.0 Å². The Hall–Kier alpha value is -0.613. The molecule has 0 amide bonds. The third kappa shape index (κ3) is 3.68. The monoisotopic (exact) mass is 187 g/mol. The molecule has 0 aromatic heterocycles. The second-order valence-electron chi connectivity index (χ2n) is 2.72. The van der Waals surface area contributed by atoms with E-state index in [2.05, 4.69) is 6.58 Å². The van der Waals surface area contributed by atoms with E-state index in [4.69, 9.17) is 4.74 Å². The molecule has 0 aliphatic rings. The van der Waals surface area contributed by atoms with Gasteiger partial charge in [-0.2, -0.15) is 0 Å². The molecule has 0 spiro atoms. The van der Waals surface area contributed by atoms with E-state index in [-0.39, 0.29) is 5.73 Å². The number of hydrogen-bond acceptors (Lipinski definition) is 3. The summed E-state index contributed by atoms with van der Waals surface area (Å²) in [5.41, 5.74) is 0.0518. The lowest BCUT2D eigenvalue weighted by Crippen LogP contribution is -2.32. The first kappa shape index (κ1) is 11.4. The van der Waals surface area contributed by atoms with E-state index >= 15 is 0 Å². The van der Waals surface area contributed by atoms with Gasteiger partial charge in [-0.3, -0.25) is 0 Å². The maximum Gasteiger partial charge on any atom is 0.333 e. The molecule has 0 aromatic rings. The number of ether oxygens (including phenoxy) is 1. The van der Waals surface area contributed by atoms with Crippen molar-refractivity contribution in [1.82, 2.24) is 0 Å². The van der Waals surface area contributed by atoms with Crippen molar-refractivity contribution < 1.29 is 14.3 Å². The summed E-state index contributed by atoms with van der Waals surface area (Å²) in [7, 11) is -1.54. The Bertz CT molecular complexity index is 177. The van der Waals surface area contributed by atoms with Gasteiger partial charge in [0.15, 0.2) is 0 Å². The van der Waals surface area contributed by atoms with E-state index in [1.54, 1.807) is 13.5 Å². The smallest absolute Gasteiger partial charge is 0.333 e. The van der Waals surface area contributed by atoms with Gasteiger partial charge in [-0.1, -0.05) is 13.5 Å². The number of hydrogen-bond donors (Lipinski definition) is 1.